The summed E-state index contributed by atoms with van der Waals surface area (Å²) in [5, 5.41) is 2.93. The molecule has 1 saturated heterocycles. The van der Waals surface area contributed by atoms with Crippen LogP contribution in [0.2, 0.25) is 0 Å². The highest BCUT2D eigenvalue weighted by Crippen LogP contribution is 2.32. The average Bonchev–Trinajstić information content (AvgIpc) is 3.25. The molecule has 1 aliphatic heterocycles. The Morgan fingerprint density at radius 1 is 1.28 bits per heavy atom. The predicted molar refractivity (Wildman–Crippen MR) is 96.8 cm³/mol. The third-order valence-electron chi connectivity index (χ3n) is 4.79. The number of hydrogen-bond donors (Lipinski definition) is 2. The molecule has 0 radical (unpaired) electrons. The van der Waals surface area contributed by atoms with Crippen LogP contribution in [0.4, 0.5) is 0 Å². The zero-order valence-electron chi connectivity index (χ0n) is 14.8. The highest BCUT2D eigenvalue weighted by molar-refractivity contribution is 5.79. The van der Waals surface area contributed by atoms with Crippen LogP contribution in [0.3, 0.4) is 0 Å². The van der Waals surface area contributed by atoms with Crippen molar-refractivity contribution in [3.05, 3.63) is 59.4 Å². The number of H-pyrrole nitrogens is 1. The van der Waals surface area contributed by atoms with Crippen molar-refractivity contribution < 1.29 is 9.59 Å². The van der Waals surface area contributed by atoms with Gasteiger partial charge in [0.1, 0.15) is 0 Å². The monoisotopic (exact) mass is 339 g/mol. The lowest BCUT2D eigenvalue weighted by Gasteiger charge is -2.27. The first-order chi connectivity index (χ1) is 12.0. The van der Waals surface area contributed by atoms with Gasteiger partial charge in [0.25, 0.3) is 0 Å². The van der Waals surface area contributed by atoms with Gasteiger partial charge in [-0.15, -0.1) is 0 Å². The Hall–Kier alpha value is -2.56. The van der Waals surface area contributed by atoms with Crippen LogP contribution in [0.1, 0.15) is 55.1 Å². The molecule has 2 aromatic rings. The smallest absolute Gasteiger partial charge is 0.225 e. The number of amides is 2. The number of aromatic amines is 1. The van der Waals surface area contributed by atoms with Crippen LogP contribution in [0.15, 0.2) is 42.6 Å². The van der Waals surface area contributed by atoms with E-state index in [1.165, 1.54) is 6.92 Å². The third-order valence-corrected chi connectivity index (χ3v) is 4.79. The Morgan fingerprint density at radius 2 is 2.04 bits per heavy atom. The molecule has 2 atom stereocenters. The fourth-order valence-corrected chi connectivity index (χ4v) is 3.53. The maximum absolute atomic E-state index is 12.9. The van der Waals surface area contributed by atoms with Gasteiger partial charge in [-0.05, 0) is 37.5 Å². The Labute approximate surface area is 148 Å². The van der Waals surface area contributed by atoms with Gasteiger partial charge in [-0.25, -0.2) is 0 Å². The van der Waals surface area contributed by atoms with Gasteiger partial charge in [-0.1, -0.05) is 29.8 Å². The van der Waals surface area contributed by atoms with Gasteiger partial charge in [0.15, 0.2) is 0 Å². The van der Waals surface area contributed by atoms with E-state index >= 15 is 0 Å². The number of carbonyl (C=O) groups excluding carboxylic acids is 2. The van der Waals surface area contributed by atoms with E-state index in [0.717, 1.165) is 36.2 Å². The number of hydrogen-bond acceptors (Lipinski definition) is 2. The van der Waals surface area contributed by atoms with Crippen molar-refractivity contribution in [3.8, 4) is 0 Å². The number of nitrogens with zero attached hydrogens (tertiary/aromatic N) is 1. The molecule has 0 unspecified atom stereocenters. The topological polar surface area (TPSA) is 65.2 Å². The second-order valence-corrected chi connectivity index (χ2v) is 6.74. The molecule has 132 valence electrons. The molecule has 0 saturated carbocycles. The standard InChI is InChI=1S/C20H25N3O2/c1-14-7-9-16(10-8-14)18(22-15(2)24)13-20(25)23-12-4-6-19(23)17-5-3-11-21-17/h3,5,7-11,18-19,21H,4,6,12-13H2,1-2H3,(H,22,24)/t18-,19+/m0/s1. The second kappa shape index (κ2) is 7.55. The van der Waals surface area contributed by atoms with Crippen LogP contribution in [0.5, 0.6) is 0 Å². The first-order valence-corrected chi connectivity index (χ1v) is 8.81. The normalized spacial score (nSPS) is 18.2. The van der Waals surface area contributed by atoms with Crippen molar-refractivity contribution in [1.29, 1.82) is 0 Å². The summed E-state index contributed by atoms with van der Waals surface area (Å²) in [5.41, 5.74) is 3.20. The van der Waals surface area contributed by atoms with Crippen LogP contribution in [0.25, 0.3) is 0 Å². The van der Waals surface area contributed by atoms with Crippen LogP contribution >= 0.6 is 0 Å². The van der Waals surface area contributed by atoms with Crippen LogP contribution < -0.4 is 5.32 Å². The van der Waals surface area contributed by atoms with E-state index in [9.17, 15) is 9.59 Å². The van der Waals surface area contributed by atoms with Gasteiger partial charge in [-0.3, -0.25) is 9.59 Å². The zero-order chi connectivity index (χ0) is 17.8. The summed E-state index contributed by atoms with van der Waals surface area (Å²) in [5.74, 6) is -0.0443. The number of nitrogens with one attached hydrogen (secondary N) is 2. The summed E-state index contributed by atoms with van der Waals surface area (Å²) < 4.78 is 0. The molecule has 5 heteroatoms. The van der Waals surface area contributed by atoms with E-state index in [1.54, 1.807) is 0 Å². The number of carbonyl (C=O) groups is 2. The van der Waals surface area contributed by atoms with Gasteiger partial charge in [0.2, 0.25) is 11.8 Å². The maximum atomic E-state index is 12.9. The van der Waals surface area contributed by atoms with E-state index in [1.807, 2.05) is 54.4 Å². The Morgan fingerprint density at radius 3 is 2.68 bits per heavy atom. The summed E-state index contributed by atoms with van der Waals surface area (Å²) >= 11 is 0. The molecule has 0 spiro atoms. The molecule has 2 heterocycles. The molecule has 0 aliphatic carbocycles. The van der Waals surface area contributed by atoms with E-state index in [0.29, 0.717) is 0 Å². The van der Waals surface area contributed by atoms with E-state index in [4.69, 9.17) is 0 Å². The molecule has 1 aromatic heterocycles. The molecule has 3 rings (SSSR count). The molecule has 25 heavy (non-hydrogen) atoms. The number of rotatable bonds is 5. The lowest BCUT2D eigenvalue weighted by Crippen LogP contribution is -2.35. The van der Waals surface area contributed by atoms with Crippen LogP contribution in [-0.4, -0.2) is 28.2 Å². The first-order valence-electron chi connectivity index (χ1n) is 8.81. The van der Waals surface area contributed by atoms with Crippen molar-refractivity contribution in [1.82, 2.24) is 15.2 Å². The summed E-state index contributed by atoms with van der Waals surface area (Å²) in [4.78, 5) is 29.7. The number of aryl methyl sites for hydroxylation is 1. The highest BCUT2D eigenvalue weighted by atomic mass is 16.2. The van der Waals surface area contributed by atoms with Gasteiger partial charge in [0.05, 0.1) is 18.5 Å². The fraction of sp³-hybridized carbons (Fsp3) is 0.400. The van der Waals surface area contributed by atoms with Crippen molar-refractivity contribution in [3.63, 3.8) is 0 Å². The van der Waals surface area contributed by atoms with E-state index in [2.05, 4.69) is 10.3 Å². The first kappa shape index (κ1) is 17.3. The molecule has 1 aromatic carbocycles. The average molecular weight is 339 g/mol. The quantitative estimate of drug-likeness (QED) is 0.878. The molecule has 2 amide bonds. The summed E-state index contributed by atoms with van der Waals surface area (Å²) in [7, 11) is 0. The Balaban J connectivity index is 1.75. The van der Waals surface area contributed by atoms with Gasteiger partial charge in [-0.2, -0.15) is 0 Å². The summed E-state index contributed by atoms with van der Waals surface area (Å²) in [6.07, 6.45) is 4.15. The zero-order valence-corrected chi connectivity index (χ0v) is 14.8. The lowest BCUT2D eigenvalue weighted by atomic mass is 10.0. The minimum atomic E-state index is -0.296. The van der Waals surface area contributed by atoms with Gasteiger partial charge in [0, 0.05) is 25.4 Å². The van der Waals surface area contributed by atoms with Crippen LogP contribution in [-0.2, 0) is 9.59 Å². The molecule has 1 fully saturated rings. The number of benzene rings is 1. The minimum absolute atomic E-state index is 0.0800. The Bertz CT molecular complexity index is 722. The molecular weight excluding hydrogens is 314 g/mol. The van der Waals surface area contributed by atoms with E-state index in [-0.39, 0.29) is 30.3 Å². The largest absolute Gasteiger partial charge is 0.363 e. The van der Waals surface area contributed by atoms with Gasteiger partial charge < -0.3 is 15.2 Å². The summed E-state index contributed by atoms with van der Waals surface area (Å²) in [6.45, 7) is 4.28. The lowest BCUT2D eigenvalue weighted by molar-refractivity contribution is -0.133. The molecule has 5 nitrogen and oxygen atoms in total. The third kappa shape index (κ3) is 4.10. The van der Waals surface area contributed by atoms with Gasteiger partial charge >= 0.3 is 0 Å². The SMILES string of the molecule is CC(=O)N[C@@H](CC(=O)N1CCC[C@@H]1c1ccc[nH]1)c1ccc(C)cc1. The van der Waals surface area contributed by atoms with Crippen molar-refractivity contribution in [2.75, 3.05) is 6.54 Å². The maximum Gasteiger partial charge on any atom is 0.225 e. The number of aromatic nitrogens is 1. The second-order valence-electron chi connectivity index (χ2n) is 6.74. The van der Waals surface area contributed by atoms with Crippen LogP contribution in [0, 0.1) is 6.92 Å². The van der Waals surface area contributed by atoms with Crippen molar-refractivity contribution in [2.24, 2.45) is 0 Å². The predicted octanol–water partition coefficient (Wildman–Crippen LogP) is 3.25. The minimum Gasteiger partial charge on any atom is -0.363 e. The highest BCUT2D eigenvalue weighted by Gasteiger charge is 2.32. The molecule has 1 aliphatic rings. The van der Waals surface area contributed by atoms with E-state index < -0.39 is 0 Å². The fourth-order valence-electron chi connectivity index (χ4n) is 3.53. The number of likely N-dealkylation sites (tertiary alicyclic amines) is 1. The molecular formula is C20H25N3O2. The van der Waals surface area contributed by atoms with Crippen molar-refractivity contribution in [2.45, 2.75) is 45.2 Å². The summed E-state index contributed by atoms with van der Waals surface area (Å²) in [6, 6.07) is 11.8. The Kier molecular flexibility index (Phi) is 5.22. The van der Waals surface area contributed by atoms with Crippen molar-refractivity contribution >= 4 is 11.8 Å². The molecule has 2 N–H and O–H groups in total. The molecule has 0 bridgehead atoms.